The number of carbonyl (C=O) groups excluding carboxylic acids is 3. The Morgan fingerprint density at radius 3 is 2.11 bits per heavy atom. The maximum Gasteiger partial charge on any atom is 0.343 e. The van der Waals surface area contributed by atoms with Crippen LogP contribution in [-0.4, -0.2) is 35.7 Å². The number of carbonyl (C=O) groups is 3. The summed E-state index contributed by atoms with van der Waals surface area (Å²) < 4.78 is 5.70. The van der Waals surface area contributed by atoms with Crippen LogP contribution in [0.3, 0.4) is 0 Å². The number of hydrogen-bond donors (Lipinski definition) is 1. The van der Waals surface area contributed by atoms with Gasteiger partial charge in [-0.3, -0.25) is 9.59 Å². The number of benzene rings is 3. The van der Waals surface area contributed by atoms with Gasteiger partial charge in [0.1, 0.15) is 11.5 Å². The van der Waals surface area contributed by atoms with E-state index in [4.69, 9.17) is 4.74 Å². The fourth-order valence-electron chi connectivity index (χ4n) is 3.51. The van der Waals surface area contributed by atoms with E-state index in [-0.39, 0.29) is 23.7 Å². The zero-order valence-corrected chi connectivity index (χ0v) is 20.4. The number of anilines is 1. The predicted molar refractivity (Wildman–Crippen MR) is 142 cm³/mol. The lowest BCUT2D eigenvalue weighted by Crippen LogP contribution is -2.22. The lowest BCUT2D eigenvalue weighted by molar-refractivity contribution is -0.121. The van der Waals surface area contributed by atoms with Gasteiger partial charge in [0.05, 0.1) is 12.0 Å². The minimum atomic E-state index is -0.497. The Hall–Kier alpha value is -4.45. The van der Waals surface area contributed by atoms with Crippen LogP contribution in [0.15, 0.2) is 84.9 Å². The molecular formula is C30H29NO5. The Labute approximate surface area is 211 Å². The molecule has 3 aromatic carbocycles. The van der Waals surface area contributed by atoms with Gasteiger partial charge in [0.25, 0.3) is 0 Å². The molecule has 3 rings (SSSR count). The molecule has 1 N–H and O–H groups in total. The highest BCUT2D eigenvalue weighted by Crippen LogP contribution is 2.28. The van der Waals surface area contributed by atoms with Gasteiger partial charge in [0, 0.05) is 30.4 Å². The number of esters is 1. The van der Waals surface area contributed by atoms with Crippen LogP contribution >= 0.6 is 0 Å². The molecule has 0 fully saturated rings. The van der Waals surface area contributed by atoms with Gasteiger partial charge in [-0.15, -0.1) is 0 Å². The second-order valence-electron chi connectivity index (χ2n) is 8.02. The lowest BCUT2D eigenvalue weighted by Gasteiger charge is -2.22. The SMILES string of the molecule is CCN(CC)c1ccc(/C=C/C(=O)CC(=O)/C=C/c2ccc(O)cc2)c(OC(=O)c2ccccc2)c1. The molecule has 6 heteroatoms. The van der Waals surface area contributed by atoms with E-state index in [9.17, 15) is 19.5 Å². The van der Waals surface area contributed by atoms with Crippen molar-refractivity contribution in [3.63, 3.8) is 0 Å². The summed E-state index contributed by atoms with van der Waals surface area (Å²) >= 11 is 0. The van der Waals surface area contributed by atoms with Gasteiger partial charge in [-0.2, -0.15) is 0 Å². The van der Waals surface area contributed by atoms with E-state index < -0.39 is 5.97 Å². The minimum Gasteiger partial charge on any atom is -0.508 e. The third kappa shape index (κ3) is 7.53. The highest BCUT2D eigenvalue weighted by molar-refractivity contribution is 6.11. The fourth-order valence-corrected chi connectivity index (χ4v) is 3.51. The number of rotatable bonds is 11. The van der Waals surface area contributed by atoms with Gasteiger partial charge in [0.2, 0.25) is 0 Å². The molecule has 0 amide bonds. The number of phenolic OH excluding ortho intramolecular Hbond substituents is 1. The molecular weight excluding hydrogens is 454 g/mol. The highest BCUT2D eigenvalue weighted by atomic mass is 16.5. The molecule has 0 aliphatic heterocycles. The first-order valence-electron chi connectivity index (χ1n) is 11.8. The van der Waals surface area contributed by atoms with Crippen LogP contribution < -0.4 is 9.64 Å². The molecule has 184 valence electrons. The van der Waals surface area contributed by atoms with Crippen LogP contribution in [0.25, 0.3) is 12.2 Å². The Kier molecular flexibility index (Phi) is 9.34. The maximum atomic E-state index is 12.7. The first kappa shape index (κ1) is 26.2. The van der Waals surface area contributed by atoms with E-state index in [2.05, 4.69) is 4.90 Å². The Morgan fingerprint density at radius 2 is 1.47 bits per heavy atom. The van der Waals surface area contributed by atoms with Gasteiger partial charge < -0.3 is 14.7 Å². The summed E-state index contributed by atoms with van der Waals surface area (Å²) in [7, 11) is 0. The van der Waals surface area contributed by atoms with Crippen LogP contribution in [0.4, 0.5) is 5.69 Å². The number of ketones is 2. The van der Waals surface area contributed by atoms with Crippen LogP contribution in [0.1, 0.15) is 41.8 Å². The van der Waals surface area contributed by atoms with Crippen molar-refractivity contribution in [1.82, 2.24) is 0 Å². The van der Waals surface area contributed by atoms with Gasteiger partial charge in [-0.05, 0) is 74.0 Å². The van der Waals surface area contributed by atoms with Crippen LogP contribution in [-0.2, 0) is 9.59 Å². The normalized spacial score (nSPS) is 11.1. The van der Waals surface area contributed by atoms with E-state index in [0.29, 0.717) is 16.9 Å². The minimum absolute atomic E-state index is 0.137. The number of phenols is 1. The van der Waals surface area contributed by atoms with E-state index in [0.717, 1.165) is 24.3 Å². The van der Waals surface area contributed by atoms with Gasteiger partial charge in [-0.25, -0.2) is 4.79 Å². The monoisotopic (exact) mass is 483 g/mol. The maximum absolute atomic E-state index is 12.7. The summed E-state index contributed by atoms with van der Waals surface area (Å²) in [6.45, 7) is 5.66. The van der Waals surface area contributed by atoms with Crippen LogP contribution in [0.5, 0.6) is 11.5 Å². The van der Waals surface area contributed by atoms with Gasteiger partial charge >= 0.3 is 5.97 Å². The van der Waals surface area contributed by atoms with Crippen molar-refractivity contribution in [1.29, 1.82) is 0 Å². The lowest BCUT2D eigenvalue weighted by atomic mass is 10.1. The van der Waals surface area contributed by atoms with Crippen LogP contribution in [0.2, 0.25) is 0 Å². The van der Waals surface area contributed by atoms with E-state index >= 15 is 0 Å². The molecule has 0 atom stereocenters. The summed E-state index contributed by atoms with van der Waals surface area (Å²) in [6.07, 6.45) is 5.51. The molecule has 0 bridgehead atoms. The van der Waals surface area contributed by atoms with Crippen molar-refractivity contribution in [2.45, 2.75) is 20.3 Å². The molecule has 0 saturated carbocycles. The predicted octanol–water partition coefficient (Wildman–Crippen LogP) is 5.71. The molecule has 0 aliphatic rings. The molecule has 0 saturated heterocycles. The van der Waals surface area contributed by atoms with E-state index in [1.54, 1.807) is 60.7 Å². The third-order valence-electron chi connectivity index (χ3n) is 5.49. The molecule has 0 unspecified atom stereocenters. The van der Waals surface area contributed by atoms with Crippen molar-refractivity contribution >= 4 is 35.4 Å². The first-order valence-corrected chi connectivity index (χ1v) is 11.8. The topological polar surface area (TPSA) is 83.9 Å². The zero-order valence-electron chi connectivity index (χ0n) is 20.4. The number of nitrogens with zero attached hydrogens (tertiary/aromatic N) is 1. The standard InChI is InChI=1S/C30H29NO5/c1-3-31(4-2)25-15-13-23(29(20-25)36-30(35)24-8-6-5-7-9-24)14-19-28(34)21-27(33)18-12-22-10-16-26(32)17-11-22/h5-20,32H,3-4,21H2,1-2H3/b18-12+,19-14+. The Bertz CT molecular complexity index is 1260. The van der Waals surface area contributed by atoms with Crippen molar-refractivity contribution in [3.8, 4) is 11.5 Å². The summed E-state index contributed by atoms with van der Waals surface area (Å²) in [5, 5.41) is 9.33. The summed E-state index contributed by atoms with van der Waals surface area (Å²) in [4.78, 5) is 39.4. The number of hydrogen-bond acceptors (Lipinski definition) is 6. The van der Waals surface area contributed by atoms with Crippen molar-refractivity contribution in [3.05, 3.63) is 102 Å². The number of ether oxygens (including phenoxy) is 1. The number of allylic oxidation sites excluding steroid dienone is 2. The molecule has 0 aromatic heterocycles. The number of aromatic hydroxyl groups is 1. The molecule has 0 radical (unpaired) electrons. The Balaban J connectivity index is 1.75. The molecule has 6 nitrogen and oxygen atoms in total. The molecule has 0 spiro atoms. The van der Waals surface area contributed by atoms with Crippen LogP contribution in [0, 0.1) is 0 Å². The summed E-state index contributed by atoms with van der Waals surface area (Å²) in [6, 6.07) is 20.5. The van der Waals surface area contributed by atoms with Gasteiger partial charge in [0.15, 0.2) is 11.6 Å². The molecule has 0 heterocycles. The summed E-state index contributed by atoms with van der Waals surface area (Å²) in [5.74, 6) is -0.745. The van der Waals surface area contributed by atoms with E-state index in [1.807, 2.05) is 26.0 Å². The van der Waals surface area contributed by atoms with Gasteiger partial charge in [-0.1, -0.05) is 36.4 Å². The van der Waals surface area contributed by atoms with E-state index in [1.165, 1.54) is 24.3 Å². The average Bonchev–Trinajstić information content (AvgIpc) is 2.89. The van der Waals surface area contributed by atoms with Crippen molar-refractivity contribution in [2.75, 3.05) is 18.0 Å². The largest absolute Gasteiger partial charge is 0.508 e. The molecule has 36 heavy (non-hydrogen) atoms. The van der Waals surface area contributed by atoms with Crippen molar-refractivity contribution in [2.24, 2.45) is 0 Å². The van der Waals surface area contributed by atoms with Crippen molar-refractivity contribution < 1.29 is 24.2 Å². The summed E-state index contributed by atoms with van der Waals surface area (Å²) in [5.41, 5.74) is 2.61. The highest BCUT2D eigenvalue weighted by Gasteiger charge is 2.13. The Morgan fingerprint density at radius 1 is 0.833 bits per heavy atom. The second kappa shape index (κ2) is 12.9. The average molecular weight is 484 g/mol. The first-order chi connectivity index (χ1) is 17.4. The molecule has 0 aliphatic carbocycles. The smallest absolute Gasteiger partial charge is 0.343 e. The third-order valence-corrected chi connectivity index (χ3v) is 5.49. The quantitative estimate of drug-likeness (QED) is 0.163. The fraction of sp³-hybridized carbons (Fsp3) is 0.167. The second-order valence-corrected chi connectivity index (χ2v) is 8.02. The zero-order chi connectivity index (χ0) is 25.9. The molecule has 3 aromatic rings.